The molecule has 1 N–H and O–H groups in total. The van der Waals surface area contributed by atoms with Crippen LogP contribution in [0.4, 0.5) is 5.69 Å². The second kappa shape index (κ2) is 9.66. The summed E-state index contributed by atoms with van der Waals surface area (Å²) in [6.45, 7) is 4.99. The highest BCUT2D eigenvalue weighted by atomic mass is 32.2. The fourth-order valence-corrected chi connectivity index (χ4v) is 4.28. The Hall–Kier alpha value is -3.32. The number of hydrogen-bond acceptors (Lipinski definition) is 5. The third-order valence-corrected chi connectivity index (χ3v) is 5.85. The fraction of sp³-hybridized carbons (Fsp3) is 0.208. The largest absolute Gasteiger partial charge is 0.461 e. The number of aromatic nitrogens is 3. The molecule has 2 heterocycles. The maximum absolute atomic E-state index is 13.3. The van der Waals surface area contributed by atoms with Gasteiger partial charge in [0.25, 0.3) is 0 Å². The number of nitrogens with zero attached hydrogens (tertiary/aromatic N) is 3. The number of para-hydroxylation sites is 1. The van der Waals surface area contributed by atoms with E-state index >= 15 is 0 Å². The molecule has 0 aliphatic carbocycles. The zero-order chi connectivity index (χ0) is 21.6. The first-order valence-electron chi connectivity index (χ1n) is 10.2. The molecule has 0 saturated carbocycles. The molecule has 0 fully saturated rings. The van der Waals surface area contributed by atoms with Crippen molar-refractivity contribution in [2.24, 2.45) is 5.92 Å². The zero-order valence-electron chi connectivity index (χ0n) is 17.4. The first-order valence-corrected chi connectivity index (χ1v) is 11.0. The van der Waals surface area contributed by atoms with E-state index in [2.05, 4.69) is 29.4 Å². The number of carbonyl (C=O) groups is 1. The van der Waals surface area contributed by atoms with Crippen molar-refractivity contribution in [3.63, 3.8) is 0 Å². The van der Waals surface area contributed by atoms with E-state index in [9.17, 15) is 4.79 Å². The van der Waals surface area contributed by atoms with Crippen molar-refractivity contribution < 1.29 is 9.21 Å². The van der Waals surface area contributed by atoms with E-state index in [1.165, 1.54) is 11.8 Å². The Labute approximate surface area is 185 Å². The van der Waals surface area contributed by atoms with Gasteiger partial charge in [-0.1, -0.05) is 74.1 Å². The number of furan rings is 1. The van der Waals surface area contributed by atoms with Gasteiger partial charge in [-0.2, -0.15) is 0 Å². The van der Waals surface area contributed by atoms with Crippen LogP contribution in [0.5, 0.6) is 0 Å². The number of rotatable bonds is 8. The summed E-state index contributed by atoms with van der Waals surface area (Å²) in [5.74, 6) is 1.58. The molecule has 0 saturated heterocycles. The van der Waals surface area contributed by atoms with Crippen molar-refractivity contribution >= 4 is 23.4 Å². The highest BCUT2D eigenvalue weighted by Crippen LogP contribution is 2.37. The van der Waals surface area contributed by atoms with Crippen LogP contribution in [0, 0.1) is 5.92 Å². The molecule has 0 aliphatic rings. The van der Waals surface area contributed by atoms with Crippen LogP contribution in [0.15, 0.2) is 88.6 Å². The number of nitrogens with one attached hydrogen (secondary N) is 1. The van der Waals surface area contributed by atoms with Gasteiger partial charge >= 0.3 is 0 Å². The monoisotopic (exact) mass is 432 g/mol. The molecule has 2 aromatic carbocycles. The minimum atomic E-state index is -0.485. The smallest absolute Gasteiger partial charge is 0.242 e. The maximum atomic E-state index is 13.3. The molecule has 158 valence electrons. The molecule has 6 nitrogen and oxygen atoms in total. The SMILES string of the molecule is CC(C)Cn1c(SC(C(=O)Nc2ccccc2)c2ccccc2)nnc1-c1ccco1. The van der Waals surface area contributed by atoms with Gasteiger partial charge in [0.15, 0.2) is 16.7 Å². The number of hydrogen-bond donors (Lipinski definition) is 1. The molecule has 31 heavy (non-hydrogen) atoms. The molecule has 4 aromatic rings. The molecule has 0 bridgehead atoms. The summed E-state index contributed by atoms with van der Waals surface area (Å²) in [5, 5.41) is 12.0. The fourth-order valence-electron chi connectivity index (χ4n) is 3.23. The Balaban J connectivity index is 1.68. The van der Waals surface area contributed by atoms with Gasteiger partial charge in [-0.3, -0.25) is 9.36 Å². The van der Waals surface area contributed by atoms with Crippen LogP contribution in [0.1, 0.15) is 24.7 Å². The zero-order valence-corrected chi connectivity index (χ0v) is 18.3. The topological polar surface area (TPSA) is 73.0 Å². The Kier molecular flexibility index (Phi) is 6.52. The summed E-state index contributed by atoms with van der Waals surface area (Å²) in [5.41, 5.74) is 1.66. The second-order valence-electron chi connectivity index (χ2n) is 7.55. The minimum Gasteiger partial charge on any atom is -0.461 e. The molecular weight excluding hydrogens is 408 g/mol. The normalized spacial score (nSPS) is 12.1. The van der Waals surface area contributed by atoms with Gasteiger partial charge in [0.1, 0.15) is 5.25 Å². The highest BCUT2D eigenvalue weighted by molar-refractivity contribution is 8.00. The van der Waals surface area contributed by atoms with E-state index in [0.29, 0.717) is 29.2 Å². The van der Waals surface area contributed by atoms with E-state index in [-0.39, 0.29) is 5.91 Å². The van der Waals surface area contributed by atoms with Crippen LogP contribution in [0.2, 0.25) is 0 Å². The quantitative estimate of drug-likeness (QED) is 0.363. The van der Waals surface area contributed by atoms with Gasteiger partial charge < -0.3 is 9.73 Å². The lowest BCUT2D eigenvalue weighted by atomic mass is 10.1. The summed E-state index contributed by atoms with van der Waals surface area (Å²) >= 11 is 1.39. The second-order valence-corrected chi connectivity index (χ2v) is 8.62. The summed E-state index contributed by atoms with van der Waals surface area (Å²) in [4.78, 5) is 13.3. The number of amides is 1. The van der Waals surface area contributed by atoms with Crippen LogP contribution < -0.4 is 5.32 Å². The number of anilines is 1. The summed E-state index contributed by atoms with van der Waals surface area (Å²) < 4.78 is 7.59. The van der Waals surface area contributed by atoms with Gasteiger partial charge in [-0.05, 0) is 35.7 Å². The third kappa shape index (κ3) is 5.06. The highest BCUT2D eigenvalue weighted by Gasteiger charge is 2.27. The maximum Gasteiger partial charge on any atom is 0.242 e. The molecule has 0 spiro atoms. The van der Waals surface area contributed by atoms with Crippen LogP contribution in [0.3, 0.4) is 0 Å². The average molecular weight is 433 g/mol. The summed E-state index contributed by atoms with van der Waals surface area (Å²) in [6, 6.07) is 22.9. The average Bonchev–Trinajstić information content (AvgIpc) is 3.43. The lowest BCUT2D eigenvalue weighted by molar-refractivity contribution is -0.115. The standard InChI is InChI=1S/C24H24N4O2S/c1-17(2)16-28-22(20-14-9-15-30-20)26-27-24(28)31-21(18-10-5-3-6-11-18)23(29)25-19-12-7-4-8-13-19/h3-15,17,21H,16H2,1-2H3,(H,25,29). The summed E-state index contributed by atoms with van der Waals surface area (Å²) in [7, 11) is 0. The van der Waals surface area contributed by atoms with E-state index in [1.54, 1.807) is 6.26 Å². The lowest BCUT2D eigenvalue weighted by Crippen LogP contribution is -2.20. The van der Waals surface area contributed by atoms with Gasteiger partial charge in [0.05, 0.1) is 6.26 Å². The van der Waals surface area contributed by atoms with E-state index < -0.39 is 5.25 Å². The molecule has 2 aromatic heterocycles. The van der Waals surface area contributed by atoms with Crippen LogP contribution in [-0.4, -0.2) is 20.7 Å². The van der Waals surface area contributed by atoms with E-state index in [0.717, 1.165) is 11.3 Å². The minimum absolute atomic E-state index is 0.110. The number of carbonyl (C=O) groups excluding carboxylic acids is 1. The van der Waals surface area contributed by atoms with Gasteiger partial charge in [0.2, 0.25) is 5.91 Å². The molecule has 4 rings (SSSR count). The number of benzene rings is 2. The molecule has 0 aliphatic heterocycles. The number of thioether (sulfide) groups is 1. The van der Waals surface area contributed by atoms with Crippen LogP contribution >= 0.6 is 11.8 Å². The third-order valence-electron chi connectivity index (χ3n) is 4.61. The first-order chi connectivity index (χ1) is 15.1. The van der Waals surface area contributed by atoms with Gasteiger partial charge in [-0.15, -0.1) is 10.2 Å². The molecule has 7 heteroatoms. The summed E-state index contributed by atoms with van der Waals surface area (Å²) in [6.07, 6.45) is 1.62. The predicted molar refractivity (Wildman–Crippen MR) is 123 cm³/mol. The van der Waals surface area contributed by atoms with Gasteiger partial charge in [0, 0.05) is 12.2 Å². The molecule has 1 amide bonds. The van der Waals surface area contributed by atoms with E-state index in [1.807, 2.05) is 77.4 Å². The van der Waals surface area contributed by atoms with Gasteiger partial charge in [-0.25, -0.2) is 0 Å². The first kappa shape index (κ1) is 20.9. The Bertz CT molecular complexity index is 1110. The Morgan fingerprint density at radius 1 is 1.00 bits per heavy atom. The molecule has 1 unspecified atom stereocenters. The van der Waals surface area contributed by atoms with Crippen molar-refractivity contribution in [1.29, 1.82) is 0 Å². The molecule has 0 radical (unpaired) electrons. The van der Waals surface area contributed by atoms with E-state index in [4.69, 9.17) is 4.42 Å². The lowest BCUT2D eigenvalue weighted by Gasteiger charge is -2.18. The molecular formula is C24H24N4O2S. The van der Waals surface area contributed by atoms with Crippen molar-refractivity contribution in [3.05, 3.63) is 84.6 Å². The Morgan fingerprint density at radius 3 is 2.35 bits per heavy atom. The van der Waals surface area contributed by atoms with Crippen molar-refractivity contribution in [1.82, 2.24) is 14.8 Å². The van der Waals surface area contributed by atoms with Crippen molar-refractivity contribution in [2.45, 2.75) is 30.8 Å². The molecule has 1 atom stereocenters. The van der Waals surface area contributed by atoms with Crippen molar-refractivity contribution in [2.75, 3.05) is 5.32 Å². The Morgan fingerprint density at radius 2 is 1.71 bits per heavy atom. The van der Waals surface area contributed by atoms with Crippen LogP contribution in [-0.2, 0) is 11.3 Å². The predicted octanol–water partition coefficient (Wildman–Crippen LogP) is 5.67. The van der Waals surface area contributed by atoms with Crippen LogP contribution in [0.25, 0.3) is 11.6 Å². The van der Waals surface area contributed by atoms with Crippen molar-refractivity contribution in [3.8, 4) is 11.6 Å².